The Morgan fingerprint density at radius 2 is 1.71 bits per heavy atom. The van der Waals surface area contributed by atoms with Crippen LogP contribution < -0.4 is 17.2 Å². The molecule has 0 aliphatic heterocycles. The van der Waals surface area contributed by atoms with Crippen LogP contribution in [0.25, 0.3) is 0 Å². The van der Waals surface area contributed by atoms with Crippen molar-refractivity contribution in [3.05, 3.63) is 24.3 Å². The van der Waals surface area contributed by atoms with E-state index in [-0.39, 0.29) is 4.90 Å². The van der Waals surface area contributed by atoms with Crippen molar-refractivity contribution in [3.63, 3.8) is 0 Å². The number of nitrogen functional groups attached to an aromatic ring is 1. The monoisotopic (exact) mass is 319 g/mol. The average molecular weight is 319 g/mol. The van der Waals surface area contributed by atoms with Crippen molar-refractivity contribution in [1.29, 1.82) is 0 Å². The van der Waals surface area contributed by atoms with Gasteiger partial charge in [0.15, 0.2) is 0 Å². The lowest BCUT2D eigenvalue weighted by molar-refractivity contribution is -0.138. The Hall–Kier alpha value is -1.68. The first-order valence-electron chi connectivity index (χ1n) is 6.20. The molecule has 1 atom stereocenters. The molecule has 0 aliphatic rings. The number of rotatable bonds is 6. The van der Waals surface area contributed by atoms with Gasteiger partial charge in [0.25, 0.3) is 10.1 Å². The molecular formula is C12H21N3O5S. The highest BCUT2D eigenvalue weighted by Gasteiger charge is 2.09. The van der Waals surface area contributed by atoms with Gasteiger partial charge in [0.2, 0.25) is 0 Å². The summed E-state index contributed by atoms with van der Waals surface area (Å²) in [7, 11) is -4.08. The third-order valence-electron chi connectivity index (χ3n) is 2.46. The van der Waals surface area contributed by atoms with Crippen LogP contribution in [0.15, 0.2) is 29.2 Å². The maximum Gasteiger partial charge on any atom is 0.320 e. The highest BCUT2D eigenvalue weighted by Crippen LogP contribution is 2.10. The molecule has 0 radical (unpaired) electrons. The van der Waals surface area contributed by atoms with Crippen LogP contribution in [0.5, 0.6) is 0 Å². The molecule has 0 heterocycles. The maximum atomic E-state index is 10.5. The van der Waals surface area contributed by atoms with Gasteiger partial charge in [-0.05, 0) is 43.7 Å². The zero-order valence-electron chi connectivity index (χ0n) is 11.5. The van der Waals surface area contributed by atoms with Crippen molar-refractivity contribution in [2.45, 2.75) is 30.2 Å². The zero-order chi connectivity index (χ0) is 16.5. The molecule has 0 aromatic heterocycles. The van der Waals surface area contributed by atoms with E-state index in [1.807, 2.05) is 0 Å². The number of carboxylic acids is 1. The number of aliphatic carboxylic acids is 1. The van der Waals surface area contributed by atoms with Crippen molar-refractivity contribution in [1.82, 2.24) is 0 Å². The molecule has 0 amide bonds. The first kappa shape index (κ1) is 19.3. The van der Waals surface area contributed by atoms with Gasteiger partial charge in [-0.15, -0.1) is 0 Å². The van der Waals surface area contributed by atoms with Crippen molar-refractivity contribution in [3.8, 4) is 0 Å². The van der Waals surface area contributed by atoms with E-state index < -0.39 is 22.1 Å². The summed E-state index contributed by atoms with van der Waals surface area (Å²) in [5.41, 5.74) is 16.2. The first-order valence-corrected chi connectivity index (χ1v) is 7.64. The van der Waals surface area contributed by atoms with Crippen LogP contribution in [-0.4, -0.2) is 36.6 Å². The van der Waals surface area contributed by atoms with Gasteiger partial charge in [-0.1, -0.05) is 6.42 Å². The predicted octanol–water partition coefficient (Wildman–Crippen LogP) is 0.0428. The fourth-order valence-corrected chi connectivity index (χ4v) is 1.75. The molecule has 8 N–H and O–H groups in total. The molecule has 120 valence electrons. The van der Waals surface area contributed by atoms with Crippen molar-refractivity contribution < 1.29 is 22.9 Å². The minimum absolute atomic E-state index is 0.147. The molecule has 0 aliphatic carbocycles. The number of anilines is 1. The molecule has 0 spiro atoms. The normalized spacial score (nSPS) is 12.1. The Balaban J connectivity index is 0.000000384. The van der Waals surface area contributed by atoms with E-state index in [1.165, 1.54) is 24.3 Å². The van der Waals surface area contributed by atoms with E-state index in [0.717, 1.165) is 12.8 Å². The lowest BCUT2D eigenvalue weighted by Gasteiger charge is -2.03. The topological polar surface area (TPSA) is 170 Å². The Morgan fingerprint density at radius 3 is 2.10 bits per heavy atom. The summed E-state index contributed by atoms with van der Waals surface area (Å²) in [5.74, 6) is -0.933. The van der Waals surface area contributed by atoms with Crippen LogP contribution in [-0.2, 0) is 14.9 Å². The van der Waals surface area contributed by atoms with Gasteiger partial charge in [0.05, 0.1) is 4.90 Å². The molecule has 0 saturated heterocycles. The van der Waals surface area contributed by atoms with E-state index in [1.54, 1.807) is 0 Å². The molecule has 9 heteroatoms. The average Bonchev–Trinajstić information content (AvgIpc) is 2.39. The number of unbranched alkanes of at least 4 members (excludes halogenated alkanes) is 1. The third-order valence-corrected chi connectivity index (χ3v) is 3.33. The summed E-state index contributed by atoms with van der Waals surface area (Å²) in [5, 5.41) is 8.33. The smallest absolute Gasteiger partial charge is 0.320 e. The Morgan fingerprint density at radius 1 is 1.19 bits per heavy atom. The summed E-state index contributed by atoms with van der Waals surface area (Å²) < 4.78 is 29.4. The number of benzene rings is 1. The second kappa shape index (κ2) is 9.29. The van der Waals surface area contributed by atoms with Crippen LogP contribution in [0, 0.1) is 0 Å². The van der Waals surface area contributed by atoms with Crippen LogP contribution >= 0.6 is 0 Å². The largest absolute Gasteiger partial charge is 0.480 e. The minimum Gasteiger partial charge on any atom is -0.480 e. The minimum atomic E-state index is -4.08. The quantitative estimate of drug-likeness (QED) is 0.278. The molecule has 0 fully saturated rings. The molecule has 21 heavy (non-hydrogen) atoms. The molecule has 1 rings (SSSR count). The second-order valence-electron chi connectivity index (χ2n) is 4.27. The molecular weight excluding hydrogens is 298 g/mol. The lowest BCUT2D eigenvalue weighted by atomic mass is 10.1. The van der Waals surface area contributed by atoms with Crippen molar-refractivity contribution in [2.24, 2.45) is 11.5 Å². The lowest BCUT2D eigenvalue weighted by Crippen LogP contribution is -2.29. The predicted molar refractivity (Wildman–Crippen MR) is 79.2 cm³/mol. The summed E-state index contributed by atoms with van der Waals surface area (Å²) in [6.45, 7) is 0.604. The number of hydrogen-bond acceptors (Lipinski definition) is 6. The summed E-state index contributed by atoms with van der Waals surface area (Å²) >= 11 is 0. The summed E-state index contributed by atoms with van der Waals surface area (Å²) in [6, 6.07) is 4.58. The van der Waals surface area contributed by atoms with E-state index in [4.69, 9.17) is 26.9 Å². The van der Waals surface area contributed by atoms with Crippen LogP contribution in [0.1, 0.15) is 19.3 Å². The highest BCUT2D eigenvalue weighted by molar-refractivity contribution is 7.85. The number of carboxylic acid groups (broad SMARTS) is 1. The van der Waals surface area contributed by atoms with E-state index >= 15 is 0 Å². The first-order chi connectivity index (χ1) is 9.68. The van der Waals surface area contributed by atoms with Crippen LogP contribution in [0.3, 0.4) is 0 Å². The van der Waals surface area contributed by atoms with E-state index in [9.17, 15) is 13.2 Å². The molecule has 8 nitrogen and oxygen atoms in total. The molecule has 1 aromatic rings. The standard InChI is InChI=1S/C6H14N2O2.C6H7NO3S/c7-4-2-1-3-5(8)6(9)10;7-5-1-3-6(4-2-5)11(8,9)10/h5H,1-4,7-8H2,(H,9,10);1-4H,7H2,(H,8,9,10)/t5-;/m1./s1. The Bertz CT molecular complexity index is 530. The van der Waals surface area contributed by atoms with Gasteiger partial charge in [0, 0.05) is 5.69 Å². The van der Waals surface area contributed by atoms with Crippen molar-refractivity contribution in [2.75, 3.05) is 12.3 Å². The van der Waals surface area contributed by atoms with Gasteiger partial charge < -0.3 is 22.3 Å². The van der Waals surface area contributed by atoms with Crippen LogP contribution in [0.4, 0.5) is 5.69 Å². The van der Waals surface area contributed by atoms with Crippen LogP contribution in [0.2, 0.25) is 0 Å². The molecule has 0 unspecified atom stereocenters. The SMILES string of the molecule is NCCCC[C@@H](N)C(=O)O.Nc1ccc(S(=O)(=O)O)cc1. The number of nitrogens with two attached hydrogens (primary N) is 3. The second-order valence-corrected chi connectivity index (χ2v) is 5.69. The van der Waals surface area contributed by atoms with Gasteiger partial charge in [-0.3, -0.25) is 9.35 Å². The Labute approximate surface area is 123 Å². The third kappa shape index (κ3) is 8.97. The zero-order valence-corrected chi connectivity index (χ0v) is 12.3. The fourth-order valence-electron chi connectivity index (χ4n) is 1.27. The van der Waals surface area contributed by atoms with E-state index in [2.05, 4.69) is 0 Å². The van der Waals surface area contributed by atoms with E-state index in [0.29, 0.717) is 18.7 Å². The number of carbonyl (C=O) groups is 1. The maximum absolute atomic E-state index is 10.5. The van der Waals surface area contributed by atoms with Gasteiger partial charge in [-0.25, -0.2) is 0 Å². The molecule has 0 bridgehead atoms. The summed E-state index contributed by atoms with van der Waals surface area (Å²) in [4.78, 5) is 9.99. The fraction of sp³-hybridized carbons (Fsp3) is 0.417. The Kier molecular flexibility index (Phi) is 8.55. The molecule has 1 aromatic carbocycles. The highest BCUT2D eigenvalue weighted by atomic mass is 32.2. The van der Waals surface area contributed by atoms with Gasteiger partial charge >= 0.3 is 5.97 Å². The van der Waals surface area contributed by atoms with Gasteiger partial charge in [-0.2, -0.15) is 8.42 Å². The molecule has 0 saturated carbocycles. The summed E-state index contributed by atoms with van der Waals surface area (Å²) in [6.07, 6.45) is 2.16. The number of hydrogen-bond donors (Lipinski definition) is 5. The van der Waals surface area contributed by atoms with Crippen molar-refractivity contribution >= 4 is 21.8 Å². The van der Waals surface area contributed by atoms with Gasteiger partial charge in [0.1, 0.15) is 6.04 Å².